The number of rotatable bonds is 5. The second kappa shape index (κ2) is 7.75. The Labute approximate surface area is 168 Å². The number of aromatic nitrogens is 4. The van der Waals surface area contributed by atoms with Gasteiger partial charge in [0.1, 0.15) is 11.9 Å². The van der Waals surface area contributed by atoms with Crippen LogP contribution in [0.2, 0.25) is 5.02 Å². The van der Waals surface area contributed by atoms with Crippen LogP contribution in [0, 0.1) is 33.5 Å². The monoisotopic (exact) mass is 403 g/mol. The Morgan fingerprint density at radius 2 is 1.82 bits per heavy atom. The van der Waals surface area contributed by atoms with Crippen molar-refractivity contribution < 1.29 is 9.18 Å². The molecular formula is C20H23ClFN5O. The number of anilines is 1. The number of hydrogen-bond acceptors (Lipinski definition) is 3. The van der Waals surface area contributed by atoms with Gasteiger partial charge in [-0.15, -0.1) is 0 Å². The van der Waals surface area contributed by atoms with Crippen molar-refractivity contribution in [2.75, 3.05) is 5.32 Å². The Bertz CT molecular complexity index is 1040. The van der Waals surface area contributed by atoms with E-state index >= 15 is 0 Å². The van der Waals surface area contributed by atoms with Gasteiger partial charge in [0.05, 0.1) is 40.0 Å². The Balaban J connectivity index is 1.82. The van der Waals surface area contributed by atoms with Crippen molar-refractivity contribution in [2.45, 2.75) is 47.2 Å². The lowest BCUT2D eigenvalue weighted by Gasteiger charge is -2.15. The van der Waals surface area contributed by atoms with Crippen LogP contribution in [0.3, 0.4) is 0 Å². The largest absolute Gasteiger partial charge is 0.321 e. The molecule has 148 valence electrons. The van der Waals surface area contributed by atoms with Crippen molar-refractivity contribution in [3.8, 4) is 0 Å². The molecule has 0 bridgehead atoms. The minimum atomic E-state index is -0.542. The molecule has 0 spiro atoms. The first-order chi connectivity index (χ1) is 13.2. The van der Waals surface area contributed by atoms with Gasteiger partial charge in [-0.25, -0.2) is 4.39 Å². The summed E-state index contributed by atoms with van der Waals surface area (Å²) in [4.78, 5) is 12.8. The number of carbonyl (C=O) groups is 1. The first-order valence-electron chi connectivity index (χ1n) is 9.00. The lowest BCUT2D eigenvalue weighted by Crippen LogP contribution is -2.25. The van der Waals surface area contributed by atoms with Gasteiger partial charge in [0.25, 0.3) is 0 Å². The highest BCUT2D eigenvalue weighted by molar-refractivity contribution is 6.31. The van der Waals surface area contributed by atoms with E-state index in [2.05, 4.69) is 15.5 Å². The Morgan fingerprint density at radius 3 is 2.43 bits per heavy atom. The van der Waals surface area contributed by atoms with Crippen LogP contribution in [0.5, 0.6) is 0 Å². The third-order valence-electron chi connectivity index (χ3n) is 4.89. The average molecular weight is 404 g/mol. The van der Waals surface area contributed by atoms with Crippen LogP contribution in [0.15, 0.2) is 24.3 Å². The molecule has 1 amide bonds. The normalized spacial score (nSPS) is 12.2. The molecule has 2 aromatic heterocycles. The van der Waals surface area contributed by atoms with E-state index in [4.69, 9.17) is 11.6 Å². The fraction of sp³-hybridized carbons (Fsp3) is 0.350. The predicted molar refractivity (Wildman–Crippen MR) is 107 cm³/mol. The van der Waals surface area contributed by atoms with Crippen LogP contribution < -0.4 is 5.32 Å². The molecule has 0 saturated heterocycles. The zero-order chi connectivity index (χ0) is 20.6. The summed E-state index contributed by atoms with van der Waals surface area (Å²) in [5, 5.41) is 12.3. The van der Waals surface area contributed by atoms with E-state index < -0.39 is 6.04 Å². The van der Waals surface area contributed by atoms with Crippen LogP contribution in [0.25, 0.3) is 0 Å². The summed E-state index contributed by atoms with van der Waals surface area (Å²) in [5.41, 5.74) is 4.01. The van der Waals surface area contributed by atoms with Crippen molar-refractivity contribution in [3.63, 3.8) is 0 Å². The highest BCUT2D eigenvalue weighted by Crippen LogP contribution is 2.25. The number of aryl methyl sites for hydroxylation is 2. The van der Waals surface area contributed by atoms with Crippen molar-refractivity contribution in [3.05, 3.63) is 63.4 Å². The van der Waals surface area contributed by atoms with Gasteiger partial charge in [-0.2, -0.15) is 10.2 Å². The fourth-order valence-electron chi connectivity index (χ4n) is 3.18. The summed E-state index contributed by atoms with van der Waals surface area (Å²) in [6.45, 7) is 9.34. The number of nitrogens with one attached hydrogen (secondary N) is 1. The Kier molecular flexibility index (Phi) is 5.56. The van der Waals surface area contributed by atoms with E-state index in [0.29, 0.717) is 27.7 Å². The van der Waals surface area contributed by atoms with Crippen molar-refractivity contribution in [2.24, 2.45) is 0 Å². The molecular weight excluding hydrogens is 381 g/mol. The molecule has 6 nitrogen and oxygen atoms in total. The standard InChI is InChI=1S/C20H23ClFN5O/c1-11-18(21)13(3)27(25-11)15(5)20(28)23-19-12(2)24-26(14(19)4)10-16-8-6-7-9-17(16)22/h6-9,15H,10H2,1-5H3,(H,23,28). The van der Waals surface area contributed by atoms with E-state index in [0.717, 1.165) is 11.4 Å². The number of nitrogens with zero attached hydrogens (tertiary/aromatic N) is 4. The zero-order valence-electron chi connectivity index (χ0n) is 16.5. The van der Waals surface area contributed by atoms with Gasteiger partial charge in [-0.1, -0.05) is 29.8 Å². The number of amides is 1. The first kappa shape index (κ1) is 20.1. The summed E-state index contributed by atoms with van der Waals surface area (Å²) in [6, 6.07) is 6.04. The van der Waals surface area contributed by atoms with Crippen molar-refractivity contribution in [1.29, 1.82) is 0 Å². The maximum atomic E-state index is 14.0. The highest BCUT2D eigenvalue weighted by Gasteiger charge is 2.23. The van der Waals surface area contributed by atoms with Crippen LogP contribution in [-0.2, 0) is 11.3 Å². The summed E-state index contributed by atoms with van der Waals surface area (Å²) in [7, 11) is 0. The zero-order valence-corrected chi connectivity index (χ0v) is 17.3. The molecule has 0 saturated carbocycles. The number of benzene rings is 1. The minimum absolute atomic E-state index is 0.223. The van der Waals surface area contributed by atoms with E-state index in [1.807, 2.05) is 20.8 Å². The van der Waals surface area contributed by atoms with E-state index in [-0.39, 0.29) is 18.3 Å². The van der Waals surface area contributed by atoms with Gasteiger partial charge < -0.3 is 5.32 Å². The van der Waals surface area contributed by atoms with Gasteiger partial charge >= 0.3 is 0 Å². The lowest BCUT2D eigenvalue weighted by atomic mass is 10.2. The minimum Gasteiger partial charge on any atom is -0.321 e. The summed E-state index contributed by atoms with van der Waals surface area (Å²) < 4.78 is 17.3. The summed E-state index contributed by atoms with van der Waals surface area (Å²) in [6.07, 6.45) is 0. The third-order valence-corrected chi connectivity index (χ3v) is 5.44. The number of carbonyl (C=O) groups excluding carboxylic acids is 1. The number of hydrogen-bond donors (Lipinski definition) is 1. The smallest absolute Gasteiger partial charge is 0.249 e. The maximum Gasteiger partial charge on any atom is 0.249 e. The third kappa shape index (κ3) is 3.67. The van der Waals surface area contributed by atoms with Crippen LogP contribution in [0.1, 0.15) is 41.3 Å². The first-order valence-corrected chi connectivity index (χ1v) is 9.38. The lowest BCUT2D eigenvalue weighted by molar-refractivity contribution is -0.119. The Hall–Kier alpha value is -2.67. The quantitative estimate of drug-likeness (QED) is 0.688. The SMILES string of the molecule is Cc1nn(C(C)C(=O)Nc2c(C)nn(Cc3ccccc3F)c2C)c(C)c1Cl. The van der Waals surface area contributed by atoms with Crippen molar-refractivity contribution in [1.82, 2.24) is 19.6 Å². The molecule has 0 fully saturated rings. The van der Waals surface area contributed by atoms with E-state index in [1.54, 1.807) is 41.4 Å². The Morgan fingerprint density at radius 1 is 1.14 bits per heavy atom. The average Bonchev–Trinajstić information content (AvgIpc) is 3.07. The summed E-state index contributed by atoms with van der Waals surface area (Å²) >= 11 is 6.19. The maximum absolute atomic E-state index is 14.0. The molecule has 3 aromatic rings. The van der Waals surface area contributed by atoms with Gasteiger partial charge in [-0.3, -0.25) is 14.2 Å². The predicted octanol–water partition coefficient (Wildman–Crippen LogP) is 4.35. The molecule has 28 heavy (non-hydrogen) atoms. The molecule has 0 aliphatic rings. The topological polar surface area (TPSA) is 64.7 Å². The molecule has 1 aromatic carbocycles. The molecule has 2 heterocycles. The van der Waals surface area contributed by atoms with E-state index in [1.165, 1.54) is 6.07 Å². The summed E-state index contributed by atoms with van der Waals surface area (Å²) in [5.74, 6) is -0.505. The van der Waals surface area contributed by atoms with Gasteiger partial charge in [0.2, 0.25) is 5.91 Å². The molecule has 0 aliphatic carbocycles. The van der Waals surface area contributed by atoms with Gasteiger partial charge in [0.15, 0.2) is 0 Å². The molecule has 1 atom stereocenters. The molecule has 8 heteroatoms. The molecule has 1 unspecified atom stereocenters. The number of halogens is 2. The van der Waals surface area contributed by atoms with Crippen LogP contribution in [-0.4, -0.2) is 25.5 Å². The molecule has 0 aliphatic heterocycles. The fourth-order valence-corrected chi connectivity index (χ4v) is 3.30. The molecule has 1 N–H and O–H groups in total. The van der Waals surface area contributed by atoms with Crippen LogP contribution >= 0.6 is 11.6 Å². The molecule has 3 rings (SSSR count). The molecule has 0 radical (unpaired) electrons. The van der Waals surface area contributed by atoms with E-state index in [9.17, 15) is 9.18 Å². The van der Waals surface area contributed by atoms with Gasteiger partial charge in [0, 0.05) is 5.56 Å². The van der Waals surface area contributed by atoms with Gasteiger partial charge in [-0.05, 0) is 40.7 Å². The highest BCUT2D eigenvalue weighted by atomic mass is 35.5. The second-order valence-corrected chi connectivity index (χ2v) is 7.27. The van der Waals surface area contributed by atoms with Crippen LogP contribution in [0.4, 0.5) is 10.1 Å². The second-order valence-electron chi connectivity index (χ2n) is 6.89. The van der Waals surface area contributed by atoms with Crippen molar-refractivity contribution >= 4 is 23.2 Å².